The van der Waals surface area contributed by atoms with Gasteiger partial charge in [-0.05, 0) is 24.3 Å². The van der Waals surface area contributed by atoms with Crippen LogP contribution in [0.15, 0.2) is 53.4 Å². The molecule has 1 amide bonds. The fraction of sp³-hybridized carbons (Fsp3) is 0.133. The summed E-state index contributed by atoms with van der Waals surface area (Å²) in [6.45, 7) is 0.520. The van der Waals surface area contributed by atoms with Crippen LogP contribution in [0.1, 0.15) is 10.4 Å². The topological polar surface area (TPSA) is 75.4 Å². The van der Waals surface area contributed by atoms with Gasteiger partial charge < -0.3 is 16.2 Å². The Morgan fingerprint density at radius 3 is 2.65 bits per heavy atom. The molecule has 0 saturated heterocycles. The number of aromatic hydroxyl groups is 1. The van der Waals surface area contributed by atoms with Crippen molar-refractivity contribution in [3.05, 3.63) is 54.1 Å². The molecule has 0 aliphatic carbocycles. The van der Waals surface area contributed by atoms with E-state index >= 15 is 0 Å². The van der Waals surface area contributed by atoms with E-state index in [9.17, 15) is 9.90 Å². The lowest BCUT2D eigenvalue weighted by atomic mass is 10.1. The maximum atomic E-state index is 11.9. The number of benzene rings is 2. The Bertz CT molecular complexity index is 588. The van der Waals surface area contributed by atoms with Crippen molar-refractivity contribution in [2.75, 3.05) is 18.0 Å². The Labute approximate surface area is 122 Å². The molecule has 0 aromatic heterocycles. The number of para-hydroxylation sites is 1. The molecule has 0 aliphatic rings. The SMILES string of the molecule is Nc1cccc(C(=O)NCCSc2ccccc2)c1O. The van der Waals surface area contributed by atoms with Crippen molar-refractivity contribution >= 4 is 23.4 Å². The minimum atomic E-state index is -0.316. The van der Waals surface area contributed by atoms with Crippen molar-refractivity contribution in [1.29, 1.82) is 0 Å². The van der Waals surface area contributed by atoms with Gasteiger partial charge in [0.2, 0.25) is 0 Å². The lowest BCUT2D eigenvalue weighted by Crippen LogP contribution is -2.25. The molecule has 0 atom stereocenters. The number of nitrogens with two attached hydrogens (primary N) is 1. The van der Waals surface area contributed by atoms with E-state index in [1.807, 2.05) is 30.3 Å². The number of anilines is 1. The van der Waals surface area contributed by atoms with Gasteiger partial charge in [0.15, 0.2) is 5.75 Å². The van der Waals surface area contributed by atoms with Crippen LogP contribution in [0.2, 0.25) is 0 Å². The van der Waals surface area contributed by atoms with Crippen LogP contribution in [0.3, 0.4) is 0 Å². The highest BCUT2D eigenvalue weighted by Gasteiger charge is 2.11. The Morgan fingerprint density at radius 1 is 1.15 bits per heavy atom. The minimum Gasteiger partial charge on any atom is -0.505 e. The van der Waals surface area contributed by atoms with E-state index < -0.39 is 0 Å². The van der Waals surface area contributed by atoms with Gasteiger partial charge in [0.1, 0.15) is 0 Å². The number of amides is 1. The normalized spacial score (nSPS) is 10.2. The van der Waals surface area contributed by atoms with Crippen LogP contribution < -0.4 is 11.1 Å². The molecular formula is C15H16N2O2S. The number of phenols is 1. The van der Waals surface area contributed by atoms with Gasteiger partial charge in [-0.2, -0.15) is 0 Å². The molecule has 0 bridgehead atoms. The molecule has 2 aromatic carbocycles. The summed E-state index contributed by atoms with van der Waals surface area (Å²) in [5, 5.41) is 12.5. The molecule has 0 fully saturated rings. The monoisotopic (exact) mass is 288 g/mol. The highest BCUT2D eigenvalue weighted by molar-refractivity contribution is 7.99. The molecule has 0 aliphatic heterocycles. The third kappa shape index (κ3) is 3.68. The third-order valence-electron chi connectivity index (χ3n) is 2.71. The van der Waals surface area contributed by atoms with Crippen LogP contribution in [0.4, 0.5) is 5.69 Å². The van der Waals surface area contributed by atoms with E-state index in [4.69, 9.17) is 5.73 Å². The highest BCUT2D eigenvalue weighted by atomic mass is 32.2. The largest absolute Gasteiger partial charge is 0.505 e. The first-order chi connectivity index (χ1) is 9.68. The van der Waals surface area contributed by atoms with E-state index in [2.05, 4.69) is 5.32 Å². The molecular weight excluding hydrogens is 272 g/mol. The first-order valence-electron chi connectivity index (χ1n) is 6.22. The number of nitrogens with one attached hydrogen (secondary N) is 1. The number of hydrogen-bond donors (Lipinski definition) is 3. The average Bonchev–Trinajstić information content (AvgIpc) is 2.47. The van der Waals surface area contributed by atoms with Gasteiger partial charge >= 0.3 is 0 Å². The third-order valence-corrected chi connectivity index (χ3v) is 3.73. The summed E-state index contributed by atoms with van der Waals surface area (Å²) in [5.74, 6) is 0.280. The zero-order valence-electron chi connectivity index (χ0n) is 10.9. The van der Waals surface area contributed by atoms with E-state index in [0.29, 0.717) is 6.54 Å². The first-order valence-corrected chi connectivity index (χ1v) is 7.20. The molecule has 5 heteroatoms. The van der Waals surface area contributed by atoms with Gasteiger partial charge in [-0.25, -0.2) is 0 Å². The van der Waals surface area contributed by atoms with E-state index in [-0.39, 0.29) is 22.9 Å². The standard InChI is InChI=1S/C15H16N2O2S/c16-13-8-4-7-12(14(13)18)15(19)17-9-10-20-11-5-2-1-3-6-11/h1-8,18H,9-10,16H2,(H,17,19). The quantitative estimate of drug-likeness (QED) is 0.342. The maximum absolute atomic E-state index is 11.9. The van der Waals surface area contributed by atoms with E-state index in [1.165, 1.54) is 0 Å². The summed E-state index contributed by atoms with van der Waals surface area (Å²) in [7, 11) is 0. The second kappa shape index (κ2) is 6.86. The van der Waals surface area contributed by atoms with Gasteiger partial charge in [-0.15, -0.1) is 11.8 Å². The van der Waals surface area contributed by atoms with Crippen molar-refractivity contribution in [3.8, 4) is 5.75 Å². The Kier molecular flexibility index (Phi) is 4.90. The van der Waals surface area contributed by atoms with Crippen molar-refractivity contribution in [2.24, 2.45) is 0 Å². The Balaban J connectivity index is 1.82. The van der Waals surface area contributed by atoms with Crippen LogP contribution >= 0.6 is 11.8 Å². The van der Waals surface area contributed by atoms with Crippen LogP contribution in [0, 0.1) is 0 Å². The van der Waals surface area contributed by atoms with Crippen molar-refractivity contribution in [3.63, 3.8) is 0 Å². The maximum Gasteiger partial charge on any atom is 0.255 e. The zero-order valence-corrected chi connectivity index (χ0v) is 11.7. The van der Waals surface area contributed by atoms with Gasteiger partial charge in [0, 0.05) is 17.2 Å². The summed E-state index contributed by atoms with van der Waals surface area (Å²) >= 11 is 1.66. The summed E-state index contributed by atoms with van der Waals surface area (Å²) < 4.78 is 0. The molecule has 0 saturated carbocycles. The van der Waals surface area contributed by atoms with Crippen LogP contribution in [-0.4, -0.2) is 23.3 Å². The molecule has 0 unspecified atom stereocenters. The summed E-state index contributed by atoms with van der Waals surface area (Å²) in [6.07, 6.45) is 0. The number of carbonyl (C=O) groups excluding carboxylic acids is 1. The number of nitrogen functional groups attached to an aromatic ring is 1. The molecule has 20 heavy (non-hydrogen) atoms. The molecule has 2 rings (SSSR count). The molecule has 0 heterocycles. The second-order valence-electron chi connectivity index (χ2n) is 4.16. The van der Waals surface area contributed by atoms with Gasteiger partial charge in [0.25, 0.3) is 5.91 Å². The second-order valence-corrected chi connectivity index (χ2v) is 5.33. The van der Waals surface area contributed by atoms with E-state index in [0.717, 1.165) is 10.6 Å². The lowest BCUT2D eigenvalue weighted by molar-refractivity contribution is 0.0953. The summed E-state index contributed by atoms with van der Waals surface area (Å²) in [6, 6.07) is 14.7. The average molecular weight is 288 g/mol. The van der Waals surface area contributed by atoms with E-state index in [1.54, 1.807) is 30.0 Å². The molecule has 2 aromatic rings. The number of thioether (sulfide) groups is 1. The number of carbonyl (C=O) groups is 1. The summed E-state index contributed by atoms with van der Waals surface area (Å²) in [4.78, 5) is 13.1. The molecule has 0 radical (unpaired) electrons. The zero-order chi connectivity index (χ0) is 14.4. The minimum absolute atomic E-state index is 0.166. The molecule has 4 nitrogen and oxygen atoms in total. The highest BCUT2D eigenvalue weighted by Crippen LogP contribution is 2.24. The number of rotatable bonds is 5. The Morgan fingerprint density at radius 2 is 1.90 bits per heavy atom. The van der Waals surface area contributed by atoms with Crippen molar-refractivity contribution in [1.82, 2.24) is 5.32 Å². The smallest absolute Gasteiger partial charge is 0.255 e. The van der Waals surface area contributed by atoms with Crippen molar-refractivity contribution in [2.45, 2.75) is 4.90 Å². The lowest BCUT2D eigenvalue weighted by Gasteiger charge is -2.08. The molecule has 104 valence electrons. The molecule has 0 spiro atoms. The van der Waals surface area contributed by atoms with Gasteiger partial charge in [-0.1, -0.05) is 24.3 Å². The van der Waals surface area contributed by atoms with Crippen LogP contribution in [0.25, 0.3) is 0 Å². The predicted octanol–water partition coefficient (Wildman–Crippen LogP) is 2.50. The summed E-state index contributed by atoms with van der Waals surface area (Å²) in [5.41, 5.74) is 5.96. The van der Waals surface area contributed by atoms with Gasteiger partial charge in [0.05, 0.1) is 11.3 Å². The van der Waals surface area contributed by atoms with Crippen LogP contribution in [-0.2, 0) is 0 Å². The van der Waals surface area contributed by atoms with Crippen molar-refractivity contribution < 1.29 is 9.90 Å². The Hall–Kier alpha value is -2.14. The first kappa shape index (κ1) is 14.3. The fourth-order valence-electron chi connectivity index (χ4n) is 1.69. The number of phenolic OH excluding ortho intramolecular Hbond substituents is 1. The van der Waals surface area contributed by atoms with Gasteiger partial charge in [-0.3, -0.25) is 4.79 Å². The predicted molar refractivity (Wildman–Crippen MR) is 82.0 cm³/mol. The fourth-order valence-corrected chi connectivity index (χ4v) is 2.48. The number of hydrogen-bond acceptors (Lipinski definition) is 4. The molecule has 4 N–H and O–H groups in total. The van der Waals surface area contributed by atoms with Crippen LogP contribution in [0.5, 0.6) is 5.75 Å².